The fourth-order valence-electron chi connectivity index (χ4n) is 4.08. The number of nitro groups is 1. The van der Waals surface area contributed by atoms with Crippen LogP contribution in [-0.4, -0.2) is 33.7 Å². The number of hydrogen-bond donors (Lipinski definition) is 0. The van der Waals surface area contributed by atoms with Crippen molar-refractivity contribution in [2.75, 3.05) is 6.61 Å². The van der Waals surface area contributed by atoms with E-state index in [0.29, 0.717) is 25.9 Å². The Morgan fingerprint density at radius 1 is 1.30 bits per heavy atom. The summed E-state index contributed by atoms with van der Waals surface area (Å²) >= 11 is 1.51. The quantitative estimate of drug-likeness (QED) is 0.447. The minimum absolute atomic E-state index is 0.0571. The Labute approximate surface area is 160 Å². The number of non-ortho nitro benzene ring substituents is 1. The number of esters is 1. The lowest BCUT2D eigenvalue weighted by Crippen LogP contribution is -2.48. The van der Waals surface area contributed by atoms with E-state index in [1.54, 1.807) is 18.3 Å². The molecule has 0 N–H and O–H groups in total. The van der Waals surface area contributed by atoms with Gasteiger partial charge in [-0.25, -0.2) is 4.98 Å². The summed E-state index contributed by atoms with van der Waals surface area (Å²) in [6.07, 6.45) is 3.40. The summed E-state index contributed by atoms with van der Waals surface area (Å²) in [5.74, 6) is -0.283. The molecule has 2 aliphatic heterocycles. The molecule has 0 unspecified atom stereocenters. The van der Waals surface area contributed by atoms with Crippen molar-refractivity contribution in [3.8, 4) is 10.4 Å². The number of benzene rings is 1. The monoisotopic (exact) mass is 388 g/mol. The maximum absolute atomic E-state index is 12.1. The summed E-state index contributed by atoms with van der Waals surface area (Å²) in [4.78, 5) is 28.0. The summed E-state index contributed by atoms with van der Waals surface area (Å²) in [6, 6.07) is 6.41. The number of carbonyl (C=O) groups excluding carboxylic acids is 1. The summed E-state index contributed by atoms with van der Waals surface area (Å²) in [7, 11) is 0. The van der Waals surface area contributed by atoms with E-state index in [0.717, 1.165) is 15.4 Å². The van der Waals surface area contributed by atoms with E-state index in [9.17, 15) is 14.9 Å². The van der Waals surface area contributed by atoms with Gasteiger partial charge in [-0.15, -0.1) is 11.3 Å². The number of rotatable bonds is 3. The van der Waals surface area contributed by atoms with E-state index < -0.39 is 10.5 Å². The van der Waals surface area contributed by atoms with Crippen LogP contribution in [0.1, 0.15) is 44.0 Å². The molecule has 8 heteroatoms. The van der Waals surface area contributed by atoms with Crippen molar-refractivity contribution in [3.05, 3.63) is 45.6 Å². The predicted octanol–water partition coefficient (Wildman–Crippen LogP) is 4.08. The Morgan fingerprint density at radius 3 is 2.70 bits per heavy atom. The highest BCUT2D eigenvalue weighted by molar-refractivity contribution is 7.15. The molecule has 4 rings (SSSR count). The van der Waals surface area contributed by atoms with Gasteiger partial charge in [-0.1, -0.05) is 0 Å². The third-order valence-corrected chi connectivity index (χ3v) is 6.41. The molecule has 1 spiro atoms. The Morgan fingerprint density at radius 2 is 2.04 bits per heavy atom. The second-order valence-corrected chi connectivity index (χ2v) is 8.76. The molecule has 2 saturated heterocycles. The van der Waals surface area contributed by atoms with Gasteiger partial charge in [0, 0.05) is 31.2 Å². The van der Waals surface area contributed by atoms with Gasteiger partial charge in [-0.05, 0) is 31.5 Å². The van der Waals surface area contributed by atoms with Crippen LogP contribution in [0.3, 0.4) is 0 Å². The first-order valence-corrected chi connectivity index (χ1v) is 9.66. The molecule has 142 valence electrons. The van der Waals surface area contributed by atoms with Crippen LogP contribution in [0.2, 0.25) is 0 Å². The van der Waals surface area contributed by atoms with E-state index in [2.05, 4.69) is 4.98 Å². The number of nitrogens with zero attached hydrogens (tertiary/aromatic N) is 2. The van der Waals surface area contributed by atoms with Gasteiger partial charge >= 0.3 is 5.97 Å². The van der Waals surface area contributed by atoms with E-state index in [4.69, 9.17) is 9.47 Å². The Kier molecular flexibility index (Phi) is 4.27. The molecule has 1 aromatic heterocycles. The molecule has 2 atom stereocenters. The van der Waals surface area contributed by atoms with Gasteiger partial charge in [-0.3, -0.25) is 14.9 Å². The lowest BCUT2D eigenvalue weighted by atomic mass is 9.76. The SMILES string of the molecule is CC1(C)C[C@]2(CCO1)OC(=O)C[C@@H]2c1ncc(-c2ccc([N+](=O)[O-])cc2)s1. The van der Waals surface area contributed by atoms with Gasteiger partial charge in [0.2, 0.25) is 0 Å². The molecule has 0 aliphatic carbocycles. The number of hydrogen-bond acceptors (Lipinski definition) is 7. The zero-order valence-corrected chi connectivity index (χ0v) is 16.0. The van der Waals surface area contributed by atoms with Crippen molar-refractivity contribution >= 4 is 23.0 Å². The molecule has 0 radical (unpaired) electrons. The third-order valence-electron chi connectivity index (χ3n) is 5.25. The molecule has 0 saturated carbocycles. The van der Waals surface area contributed by atoms with Crippen molar-refractivity contribution in [1.82, 2.24) is 4.98 Å². The zero-order valence-electron chi connectivity index (χ0n) is 15.1. The molecule has 2 fully saturated rings. The maximum atomic E-state index is 12.1. The van der Waals surface area contributed by atoms with E-state index in [1.165, 1.54) is 23.5 Å². The van der Waals surface area contributed by atoms with Crippen LogP contribution >= 0.6 is 11.3 Å². The van der Waals surface area contributed by atoms with Gasteiger partial charge < -0.3 is 9.47 Å². The molecule has 1 aromatic carbocycles. The van der Waals surface area contributed by atoms with Gasteiger partial charge in [-0.2, -0.15) is 0 Å². The first-order chi connectivity index (χ1) is 12.8. The number of thiazole rings is 1. The van der Waals surface area contributed by atoms with E-state index in [-0.39, 0.29) is 23.2 Å². The largest absolute Gasteiger partial charge is 0.458 e. The standard InChI is InChI=1S/C19H20N2O5S/c1-18(2)11-19(7-8-25-18)14(9-16(22)26-19)17-20-10-15(27-17)12-3-5-13(6-4-12)21(23)24/h3-6,10,14H,7-9,11H2,1-2H3/t14-,19+/m1/s1. The highest BCUT2D eigenvalue weighted by atomic mass is 32.1. The Hall–Kier alpha value is -2.32. The Balaban J connectivity index is 1.63. The average molecular weight is 388 g/mol. The number of ether oxygens (including phenoxy) is 2. The van der Waals surface area contributed by atoms with Gasteiger partial charge in [0.1, 0.15) is 10.6 Å². The van der Waals surface area contributed by atoms with Gasteiger partial charge in [0.25, 0.3) is 5.69 Å². The van der Waals surface area contributed by atoms with Crippen LogP contribution in [0.5, 0.6) is 0 Å². The van der Waals surface area contributed by atoms with Crippen LogP contribution in [0, 0.1) is 10.1 Å². The van der Waals surface area contributed by atoms with E-state index >= 15 is 0 Å². The van der Waals surface area contributed by atoms with Gasteiger partial charge in [0.05, 0.1) is 34.3 Å². The normalized spacial score (nSPS) is 26.9. The first-order valence-electron chi connectivity index (χ1n) is 8.84. The zero-order chi connectivity index (χ0) is 19.2. The molecular formula is C19H20N2O5S. The van der Waals surface area contributed by atoms with Crippen LogP contribution in [-0.2, 0) is 14.3 Å². The topological polar surface area (TPSA) is 91.6 Å². The van der Waals surface area contributed by atoms with E-state index in [1.807, 2.05) is 13.8 Å². The number of aromatic nitrogens is 1. The maximum Gasteiger partial charge on any atom is 0.307 e. The summed E-state index contributed by atoms with van der Waals surface area (Å²) in [6.45, 7) is 4.58. The van der Waals surface area contributed by atoms with Crippen molar-refractivity contribution in [2.24, 2.45) is 0 Å². The molecule has 2 aromatic rings. The number of nitro benzene ring substituents is 1. The summed E-state index contributed by atoms with van der Waals surface area (Å²) < 4.78 is 11.6. The van der Waals surface area contributed by atoms with Gasteiger partial charge in [0.15, 0.2) is 0 Å². The highest BCUT2D eigenvalue weighted by Crippen LogP contribution is 2.51. The Bertz CT molecular complexity index is 892. The lowest BCUT2D eigenvalue weighted by Gasteiger charge is -2.43. The fourth-order valence-corrected chi connectivity index (χ4v) is 5.21. The van der Waals surface area contributed by atoms with Crippen molar-refractivity contribution < 1.29 is 19.2 Å². The second-order valence-electron chi connectivity index (χ2n) is 7.70. The minimum atomic E-state index is -0.566. The molecule has 7 nitrogen and oxygen atoms in total. The first kappa shape index (κ1) is 18.1. The second kappa shape index (κ2) is 6.38. The lowest BCUT2D eigenvalue weighted by molar-refractivity contribution is -0.384. The molecule has 2 aliphatic rings. The van der Waals surface area contributed by atoms with Crippen LogP contribution in [0.4, 0.5) is 5.69 Å². The van der Waals surface area contributed by atoms with Crippen molar-refractivity contribution in [3.63, 3.8) is 0 Å². The average Bonchev–Trinajstić information content (AvgIpc) is 3.18. The summed E-state index contributed by atoms with van der Waals surface area (Å²) in [5.41, 5.74) is 0.0147. The minimum Gasteiger partial charge on any atom is -0.458 e. The fraction of sp³-hybridized carbons (Fsp3) is 0.474. The third kappa shape index (κ3) is 3.35. The summed E-state index contributed by atoms with van der Waals surface area (Å²) in [5, 5.41) is 11.7. The molecule has 3 heterocycles. The highest BCUT2D eigenvalue weighted by Gasteiger charge is 2.55. The van der Waals surface area contributed by atoms with Crippen LogP contribution in [0.25, 0.3) is 10.4 Å². The van der Waals surface area contributed by atoms with Crippen LogP contribution in [0.15, 0.2) is 30.5 Å². The predicted molar refractivity (Wildman–Crippen MR) is 99.7 cm³/mol. The van der Waals surface area contributed by atoms with Crippen molar-refractivity contribution in [2.45, 2.75) is 50.2 Å². The molecule has 27 heavy (non-hydrogen) atoms. The number of carbonyl (C=O) groups is 1. The molecular weight excluding hydrogens is 368 g/mol. The van der Waals surface area contributed by atoms with Crippen LogP contribution < -0.4 is 0 Å². The smallest absolute Gasteiger partial charge is 0.307 e. The van der Waals surface area contributed by atoms with Crippen molar-refractivity contribution in [1.29, 1.82) is 0 Å². The molecule has 0 amide bonds. The molecule has 0 bridgehead atoms.